The van der Waals surface area contributed by atoms with Gasteiger partial charge in [0.1, 0.15) is 0 Å². The molecule has 1 fully saturated rings. The molecular formula is C6H13N. The zero-order valence-electron chi connectivity index (χ0n) is 5.07. The van der Waals surface area contributed by atoms with Gasteiger partial charge in [-0.3, -0.25) is 0 Å². The molecule has 1 aliphatic rings. The average molecular weight is 99.2 g/mol. The molecule has 1 heteroatoms. The highest BCUT2D eigenvalue weighted by Gasteiger charge is 2.23. The van der Waals surface area contributed by atoms with Crippen molar-refractivity contribution in [1.29, 1.82) is 0 Å². The van der Waals surface area contributed by atoms with E-state index in [9.17, 15) is 0 Å². The monoisotopic (exact) mass is 99.1 g/mol. The van der Waals surface area contributed by atoms with Crippen molar-refractivity contribution in [1.82, 2.24) is 5.32 Å². The van der Waals surface area contributed by atoms with E-state index in [0.717, 1.165) is 12.0 Å². The van der Waals surface area contributed by atoms with Crippen LogP contribution in [0.2, 0.25) is 0 Å². The van der Waals surface area contributed by atoms with Crippen LogP contribution < -0.4 is 5.32 Å². The van der Waals surface area contributed by atoms with Crippen LogP contribution in [0.15, 0.2) is 0 Å². The molecule has 0 spiro atoms. The predicted octanol–water partition coefficient (Wildman–Crippen LogP) is 1.00. The minimum Gasteiger partial charge on any atom is -0.317 e. The van der Waals surface area contributed by atoms with E-state index >= 15 is 0 Å². The topological polar surface area (TPSA) is 12.0 Å². The van der Waals surface area contributed by atoms with Gasteiger partial charge in [0.2, 0.25) is 0 Å². The van der Waals surface area contributed by atoms with Crippen molar-refractivity contribution in [2.24, 2.45) is 5.92 Å². The fraction of sp³-hybridized carbons (Fsp3) is 1.00. The second-order valence-electron chi connectivity index (χ2n) is 2.45. The lowest BCUT2D eigenvalue weighted by Crippen LogP contribution is -2.39. The second-order valence-corrected chi connectivity index (χ2v) is 2.45. The molecule has 1 saturated carbocycles. The Morgan fingerprint density at radius 3 is 2.14 bits per heavy atom. The maximum atomic E-state index is 3.25. The maximum absolute atomic E-state index is 3.25. The number of hydrogen-bond acceptors (Lipinski definition) is 1. The van der Waals surface area contributed by atoms with E-state index < -0.39 is 0 Å². The summed E-state index contributed by atoms with van der Waals surface area (Å²) in [4.78, 5) is 0. The van der Waals surface area contributed by atoms with Gasteiger partial charge in [-0.05, 0) is 25.8 Å². The van der Waals surface area contributed by atoms with Crippen LogP contribution in [0.1, 0.15) is 19.8 Å². The fourth-order valence-electron chi connectivity index (χ4n) is 1.10. The first-order valence-electron chi connectivity index (χ1n) is 3.02. The Kier molecular flexibility index (Phi) is 1.33. The Balaban J connectivity index is 2.16. The van der Waals surface area contributed by atoms with Crippen molar-refractivity contribution in [3.05, 3.63) is 0 Å². The van der Waals surface area contributed by atoms with E-state index in [0.29, 0.717) is 0 Å². The molecule has 7 heavy (non-hydrogen) atoms. The summed E-state index contributed by atoms with van der Waals surface area (Å²) in [6, 6.07) is 0.833. The van der Waals surface area contributed by atoms with E-state index in [1.807, 2.05) is 7.05 Å². The number of rotatable bonds is 1. The van der Waals surface area contributed by atoms with Crippen LogP contribution in [0.4, 0.5) is 0 Å². The van der Waals surface area contributed by atoms with Gasteiger partial charge in [-0.1, -0.05) is 6.92 Å². The number of hydrogen-bond donors (Lipinski definition) is 1. The third-order valence-corrected chi connectivity index (χ3v) is 1.99. The first-order chi connectivity index (χ1) is 3.34. The van der Waals surface area contributed by atoms with Crippen molar-refractivity contribution in [3.63, 3.8) is 0 Å². The van der Waals surface area contributed by atoms with Crippen molar-refractivity contribution in [2.45, 2.75) is 25.8 Å². The van der Waals surface area contributed by atoms with E-state index in [4.69, 9.17) is 0 Å². The van der Waals surface area contributed by atoms with Gasteiger partial charge in [-0.25, -0.2) is 0 Å². The minimum atomic E-state index is 0.833. The average Bonchev–Trinajstić information content (AvgIpc) is 1.65. The number of nitrogens with one attached hydrogen (secondary N) is 1. The predicted molar refractivity (Wildman–Crippen MR) is 31.2 cm³/mol. The van der Waals surface area contributed by atoms with Gasteiger partial charge in [-0.2, -0.15) is 0 Å². The van der Waals surface area contributed by atoms with Crippen LogP contribution in [0.5, 0.6) is 0 Å². The first-order valence-corrected chi connectivity index (χ1v) is 3.02. The smallest absolute Gasteiger partial charge is 0.00898 e. The zero-order chi connectivity index (χ0) is 5.28. The molecule has 0 unspecified atom stereocenters. The Morgan fingerprint density at radius 2 is 2.14 bits per heavy atom. The van der Waals surface area contributed by atoms with E-state index in [1.165, 1.54) is 12.8 Å². The molecule has 1 rings (SSSR count). The van der Waals surface area contributed by atoms with Gasteiger partial charge in [0.15, 0.2) is 0 Å². The molecule has 0 aromatic carbocycles. The van der Waals surface area contributed by atoms with Gasteiger partial charge in [0, 0.05) is 6.04 Å². The van der Waals surface area contributed by atoms with E-state index in [1.54, 1.807) is 0 Å². The summed E-state index contributed by atoms with van der Waals surface area (Å²) < 4.78 is 0. The highest BCUT2D eigenvalue weighted by molar-refractivity contribution is 4.81. The molecule has 1 aliphatic carbocycles. The van der Waals surface area contributed by atoms with Crippen LogP contribution in [0.3, 0.4) is 0 Å². The molecule has 1 N–H and O–H groups in total. The van der Waals surface area contributed by atoms with Crippen molar-refractivity contribution >= 4 is 0 Å². The quantitative estimate of drug-likeness (QED) is 0.517. The van der Waals surface area contributed by atoms with Crippen LogP contribution in [-0.2, 0) is 0 Å². The Bertz CT molecular complexity index is 59.2. The largest absolute Gasteiger partial charge is 0.317 e. The highest BCUT2D eigenvalue weighted by atomic mass is 14.9. The van der Waals surface area contributed by atoms with Crippen molar-refractivity contribution in [2.75, 3.05) is 7.05 Å². The molecule has 0 heterocycles. The molecular weight excluding hydrogens is 86.1 g/mol. The molecule has 0 saturated heterocycles. The van der Waals surface area contributed by atoms with Crippen molar-refractivity contribution in [3.8, 4) is 0 Å². The van der Waals surface area contributed by atoms with Crippen LogP contribution in [0, 0.1) is 5.92 Å². The zero-order valence-corrected chi connectivity index (χ0v) is 5.07. The standard InChI is InChI=1S/C6H13N/c1-5-3-4-6(5)7-2/h5-7H,3-4H2,1-2H3/t5-,6+/m1/s1. The molecule has 0 bridgehead atoms. The summed E-state index contributed by atoms with van der Waals surface area (Å²) in [6.45, 7) is 2.30. The second kappa shape index (κ2) is 1.83. The molecule has 42 valence electrons. The summed E-state index contributed by atoms with van der Waals surface area (Å²) >= 11 is 0. The molecule has 2 atom stereocenters. The summed E-state index contributed by atoms with van der Waals surface area (Å²) in [5, 5.41) is 3.25. The highest BCUT2D eigenvalue weighted by Crippen LogP contribution is 2.25. The van der Waals surface area contributed by atoms with Gasteiger partial charge in [0.25, 0.3) is 0 Å². The van der Waals surface area contributed by atoms with Crippen molar-refractivity contribution < 1.29 is 0 Å². The van der Waals surface area contributed by atoms with E-state index in [2.05, 4.69) is 12.2 Å². The summed E-state index contributed by atoms with van der Waals surface area (Å²) in [5.41, 5.74) is 0. The van der Waals surface area contributed by atoms with Gasteiger partial charge in [0.05, 0.1) is 0 Å². The Hall–Kier alpha value is -0.0400. The molecule has 0 amide bonds. The Morgan fingerprint density at radius 1 is 1.43 bits per heavy atom. The normalized spacial score (nSPS) is 40.3. The maximum Gasteiger partial charge on any atom is 0.00898 e. The van der Waals surface area contributed by atoms with Gasteiger partial charge >= 0.3 is 0 Å². The Labute approximate surface area is 45.1 Å². The lowest BCUT2D eigenvalue weighted by molar-refractivity contribution is 0.243. The lowest BCUT2D eigenvalue weighted by Gasteiger charge is -2.33. The molecule has 0 aliphatic heterocycles. The van der Waals surface area contributed by atoms with Gasteiger partial charge < -0.3 is 5.32 Å². The van der Waals surface area contributed by atoms with Crippen LogP contribution in [0.25, 0.3) is 0 Å². The SMILES string of the molecule is CN[C@H]1CC[C@H]1C. The van der Waals surface area contributed by atoms with Crippen LogP contribution >= 0.6 is 0 Å². The first kappa shape index (κ1) is 5.10. The van der Waals surface area contributed by atoms with E-state index in [-0.39, 0.29) is 0 Å². The third-order valence-electron chi connectivity index (χ3n) is 1.99. The summed E-state index contributed by atoms with van der Waals surface area (Å²) in [7, 11) is 2.04. The molecule has 1 nitrogen and oxygen atoms in total. The minimum absolute atomic E-state index is 0.833. The lowest BCUT2D eigenvalue weighted by atomic mass is 9.81. The molecule has 0 aromatic heterocycles. The van der Waals surface area contributed by atoms with Gasteiger partial charge in [-0.15, -0.1) is 0 Å². The molecule has 0 radical (unpaired) electrons. The fourth-order valence-corrected chi connectivity index (χ4v) is 1.10. The summed E-state index contributed by atoms with van der Waals surface area (Å²) in [5.74, 6) is 0.935. The van der Waals surface area contributed by atoms with Crippen LogP contribution in [-0.4, -0.2) is 13.1 Å². The molecule has 0 aromatic rings. The summed E-state index contributed by atoms with van der Waals surface area (Å²) in [6.07, 6.45) is 2.81. The third kappa shape index (κ3) is 0.778.